The van der Waals surface area contributed by atoms with Gasteiger partial charge in [0.05, 0.1) is 17.9 Å². The van der Waals surface area contributed by atoms with Crippen molar-refractivity contribution in [1.82, 2.24) is 4.90 Å². The van der Waals surface area contributed by atoms with Gasteiger partial charge in [0, 0.05) is 11.5 Å². The number of piperidine rings is 1. The van der Waals surface area contributed by atoms with Crippen molar-refractivity contribution in [3.8, 4) is 0 Å². The molecule has 3 rings (SSSR count). The second-order valence-electron chi connectivity index (χ2n) is 7.38. The second-order valence-corrected chi connectivity index (χ2v) is 7.38. The van der Waals surface area contributed by atoms with E-state index in [1.54, 1.807) is 30.3 Å². The first-order valence-electron chi connectivity index (χ1n) is 9.71. The predicted molar refractivity (Wildman–Crippen MR) is 113 cm³/mol. The van der Waals surface area contributed by atoms with Crippen molar-refractivity contribution >= 4 is 29.1 Å². The molecule has 0 aliphatic carbocycles. The van der Waals surface area contributed by atoms with Crippen molar-refractivity contribution in [2.45, 2.75) is 19.8 Å². The lowest BCUT2D eigenvalue weighted by Crippen LogP contribution is -2.42. The Kier molecular flexibility index (Phi) is 6.61. The molecule has 1 aliphatic rings. The molecule has 0 spiro atoms. The fraction of sp³-hybridized carbons (Fsp3) is 0.318. The Balaban J connectivity index is 1.66. The van der Waals surface area contributed by atoms with E-state index >= 15 is 0 Å². The molecule has 3 amide bonds. The fourth-order valence-corrected chi connectivity index (χ4v) is 3.46. The average molecular weight is 394 g/mol. The number of nitrogens with one attached hydrogen (secondary N) is 2. The van der Waals surface area contributed by atoms with Crippen LogP contribution in [0.15, 0.2) is 48.5 Å². The highest BCUT2D eigenvalue weighted by atomic mass is 16.2. The number of primary amides is 1. The van der Waals surface area contributed by atoms with E-state index in [0.717, 1.165) is 5.56 Å². The zero-order valence-corrected chi connectivity index (χ0v) is 16.5. The van der Waals surface area contributed by atoms with E-state index in [-0.39, 0.29) is 30.2 Å². The zero-order chi connectivity index (χ0) is 20.8. The van der Waals surface area contributed by atoms with Gasteiger partial charge in [0.1, 0.15) is 0 Å². The fourth-order valence-electron chi connectivity index (χ4n) is 3.46. The van der Waals surface area contributed by atoms with Crippen LogP contribution in [0.2, 0.25) is 0 Å². The summed E-state index contributed by atoms with van der Waals surface area (Å²) < 4.78 is 0. The molecule has 0 atom stereocenters. The van der Waals surface area contributed by atoms with Gasteiger partial charge in [-0.25, -0.2) is 0 Å². The van der Waals surface area contributed by atoms with Gasteiger partial charge in [-0.2, -0.15) is 0 Å². The highest BCUT2D eigenvalue weighted by Gasteiger charge is 2.26. The van der Waals surface area contributed by atoms with Crippen molar-refractivity contribution in [3.05, 3.63) is 59.7 Å². The van der Waals surface area contributed by atoms with E-state index in [1.165, 1.54) is 0 Å². The lowest BCUT2D eigenvalue weighted by molar-refractivity contribution is -0.122. The summed E-state index contributed by atoms with van der Waals surface area (Å²) in [6, 6.07) is 14.5. The SMILES string of the molecule is Cc1ccc(NC(=O)c2ccccc2)c(NC(=O)C2CCN(CC(N)=O)CC2)c1. The molecule has 1 fully saturated rings. The molecule has 0 aromatic heterocycles. The molecular formula is C22H26N4O3. The third-order valence-electron chi connectivity index (χ3n) is 5.05. The standard InChI is InChI=1S/C22H26N4O3/c1-15-7-8-18(24-21(28)16-5-3-2-4-6-16)19(13-15)25-22(29)17-9-11-26(12-10-17)14-20(23)27/h2-8,13,17H,9-12,14H2,1H3,(H2,23,27)(H,24,28)(H,25,29). The number of aryl methyl sites for hydroxylation is 1. The molecule has 7 nitrogen and oxygen atoms in total. The first-order chi connectivity index (χ1) is 13.9. The normalized spacial score (nSPS) is 14.9. The third kappa shape index (κ3) is 5.65. The Morgan fingerprint density at radius 1 is 1.00 bits per heavy atom. The molecule has 2 aromatic rings. The Bertz CT molecular complexity index is 890. The molecule has 29 heavy (non-hydrogen) atoms. The van der Waals surface area contributed by atoms with Crippen LogP contribution in [0.25, 0.3) is 0 Å². The molecule has 2 aromatic carbocycles. The number of likely N-dealkylation sites (tertiary alicyclic amines) is 1. The van der Waals surface area contributed by atoms with E-state index in [4.69, 9.17) is 5.73 Å². The van der Waals surface area contributed by atoms with E-state index < -0.39 is 0 Å². The molecule has 0 bridgehead atoms. The van der Waals surface area contributed by atoms with Crippen molar-refractivity contribution in [2.75, 3.05) is 30.3 Å². The Morgan fingerprint density at radius 2 is 1.69 bits per heavy atom. The number of hydrogen-bond acceptors (Lipinski definition) is 4. The number of nitrogens with two attached hydrogens (primary N) is 1. The van der Waals surface area contributed by atoms with Crippen molar-refractivity contribution in [2.24, 2.45) is 11.7 Å². The van der Waals surface area contributed by atoms with Gasteiger partial charge in [-0.3, -0.25) is 19.3 Å². The minimum absolute atomic E-state index is 0.0791. The summed E-state index contributed by atoms with van der Waals surface area (Å²) in [5.41, 5.74) is 7.91. The van der Waals surface area contributed by atoms with Gasteiger partial charge in [-0.1, -0.05) is 24.3 Å². The highest BCUT2D eigenvalue weighted by Crippen LogP contribution is 2.26. The molecule has 0 radical (unpaired) electrons. The number of amides is 3. The van der Waals surface area contributed by atoms with Gasteiger partial charge in [0.25, 0.3) is 5.91 Å². The number of benzene rings is 2. The third-order valence-corrected chi connectivity index (χ3v) is 5.05. The van der Waals surface area contributed by atoms with Crippen LogP contribution in [0.4, 0.5) is 11.4 Å². The van der Waals surface area contributed by atoms with Gasteiger partial charge < -0.3 is 16.4 Å². The van der Waals surface area contributed by atoms with E-state index in [0.29, 0.717) is 42.9 Å². The number of rotatable bonds is 6. The number of nitrogens with zero attached hydrogens (tertiary/aromatic N) is 1. The minimum atomic E-state index is -0.355. The van der Waals surface area contributed by atoms with Gasteiger partial charge in [0.2, 0.25) is 11.8 Å². The summed E-state index contributed by atoms with van der Waals surface area (Å²) in [4.78, 5) is 38.3. The maximum Gasteiger partial charge on any atom is 0.255 e. The summed E-state index contributed by atoms with van der Waals surface area (Å²) in [5.74, 6) is -0.807. The lowest BCUT2D eigenvalue weighted by atomic mass is 9.95. The highest BCUT2D eigenvalue weighted by molar-refractivity contribution is 6.07. The van der Waals surface area contributed by atoms with E-state index in [2.05, 4.69) is 10.6 Å². The Labute approximate surface area is 170 Å². The largest absolute Gasteiger partial charge is 0.369 e. The van der Waals surface area contributed by atoms with Gasteiger partial charge >= 0.3 is 0 Å². The zero-order valence-electron chi connectivity index (χ0n) is 16.5. The summed E-state index contributed by atoms with van der Waals surface area (Å²) in [5, 5.41) is 5.85. The average Bonchev–Trinajstić information content (AvgIpc) is 2.70. The summed E-state index contributed by atoms with van der Waals surface area (Å²) in [7, 11) is 0. The monoisotopic (exact) mass is 394 g/mol. The number of anilines is 2. The van der Waals surface area contributed by atoms with Crippen LogP contribution < -0.4 is 16.4 Å². The quantitative estimate of drug-likeness (QED) is 0.700. The van der Waals surface area contributed by atoms with E-state index in [1.807, 2.05) is 30.0 Å². The maximum atomic E-state index is 12.8. The molecular weight excluding hydrogens is 368 g/mol. The van der Waals surface area contributed by atoms with Crippen molar-refractivity contribution < 1.29 is 14.4 Å². The maximum absolute atomic E-state index is 12.8. The topological polar surface area (TPSA) is 105 Å². The molecule has 152 valence electrons. The molecule has 0 saturated carbocycles. The van der Waals surface area contributed by atoms with Crippen molar-refractivity contribution in [1.29, 1.82) is 0 Å². The predicted octanol–water partition coefficient (Wildman–Crippen LogP) is 2.38. The van der Waals surface area contributed by atoms with Crippen LogP contribution in [-0.4, -0.2) is 42.3 Å². The smallest absolute Gasteiger partial charge is 0.255 e. The lowest BCUT2D eigenvalue weighted by Gasteiger charge is -2.30. The summed E-state index contributed by atoms with van der Waals surface area (Å²) in [6.45, 7) is 3.47. The van der Waals surface area contributed by atoms with Crippen LogP contribution in [0.3, 0.4) is 0 Å². The number of carbonyl (C=O) groups is 3. The molecule has 4 N–H and O–H groups in total. The Hall–Kier alpha value is -3.19. The van der Waals surface area contributed by atoms with Crippen LogP contribution in [-0.2, 0) is 9.59 Å². The van der Waals surface area contributed by atoms with Crippen LogP contribution in [0.5, 0.6) is 0 Å². The van der Waals surface area contributed by atoms with Crippen LogP contribution in [0.1, 0.15) is 28.8 Å². The second kappa shape index (κ2) is 9.34. The van der Waals surface area contributed by atoms with Crippen LogP contribution >= 0.6 is 0 Å². The van der Waals surface area contributed by atoms with Crippen LogP contribution in [0, 0.1) is 12.8 Å². The molecule has 1 heterocycles. The minimum Gasteiger partial charge on any atom is -0.369 e. The van der Waals surface area contributed by atoms with Gasteiger partial charge in [-0.15, -0.1) is 0 Å². The molecule has 0 unspecified atom stereocenters. The van der Waals surface area contributed by atoms with Gasteiger partial charge in [-0.05, 0) is 62.7 Å². The molecule has 1 aliphatic heterocycles. The molecule has 1 saturated heterocycles. The Morgan fingerprint density at radius 3 is 2.34 bits per heavy atom. The van der Waals surface area contributed by atoms with E-state index in [9.17, 15) is 14.4 Å². The first kappa shape index (κ1) is 20.5. The first-order valence-corrected chi connectivity index (χ1v) is 9.71. The van der Waals surface area contributed by atoms with Gasteiger partial charge in [0.15, 0.2) is 0 Å². The summed E-state index contributed by atoms with van der Waals surface area (Å²) in [6.07, 6.45) is 1.33. The van der Waals surface area contributed by atoms with Crippen molar-refractivity contribution in [3.63, 3.8) is 0 Å². The summed E-state index contributed by atoms with van der Waals surface area (Å²) >= 11 is 0. The molecule has 7 heteroatoms. The number of hydrogen-bond donors (Lipinski definition) is 3. The number of carbonyl (C=O) groups excluding carboxylic acids is 3.